The summed E-state index contributed by atoms with van der Waals surface area (Å²) in [7, 11) is 0. The summed E-state index contributed by atoms with van der Waals surface area (Å²) in [5, 5.41) is 16.4. The van der Waals surface area contributed by atoms with Gasteiger partial charge >= 0.3 is 0 Å². The minimum absolute atomic E-state index is 0.148. The highest BCUT2D eigenvalue weighted by Crippen LogP contribution is 2.22. The first-order chi connectivity index (χ1) is 14.1. The van der Waals surface area contributed by atoms with Gasteiger partial charge in [0.15, 0.2) is 0 Å². The van der Waals surface area contributed by atoms with Gasteiger partial charge < -0.3 is 20.7 Å². The van der Waals surface area contributed by atoms with Crippen molar-refractivity contribution < 1.29 is 9.90 Å². The van der Waals surface area contributed by atoms with Gasteiger partial charge in [-0.1, -0.05) is 24.3 Å². The number of nitrogens with one attached hydrogen (secondary N) is 3. The Labute approximate surface area is 170 Å². The SMILES string of the molecule is O=C(NC[C@H](O)CN1CCc2ccccc2C1)c1cc(NC2CCC2)[nH]c(=O)c1. The van der Waals surface area contributed by atoms with E-state index in [1.165, 1.54) is 23.6 Å². The van der Waals surface area contributed by atoms with Crippen molar-refractivity contribution in [1.29, 1.82) is 0 Å². The van der Waals surface area contributed by atoms with E-state index in [-0.39, 0.29) is 18.0 Å². The highest BCUT2D eigenvalue weighted by atomic mass is 16.3. The Morgan fingerprint density at radius 1 is 1.24 bits per heavy atom. The molecule has 2 aliphatic rings. The predicted molar refractivity (Wildman–Crippen MR) is 112 cm³/mol. The number of rotatable bonds is 7. The lowest BCUT2D eigenvalue weighted by Gasteiger charge is -2.30. The van der Waals surface area contributed by atoms with Crippen molar-refractivity contribution in [3.63, 3.8) is 0 Å². The van der Waals surface area contributed by atoms with Crippen LogP contribution in [0, 0.1) is 0 Å². The van der Waals surface area contributed by atoms with Crippen LogP contribution in [0.15, 0.2) is 41.2 Å². The molecule has 0 bridgehead atoms. The summed E-state index contributed by atoms with van der Waals surface area (Å²) in [5.74, 6) is 0.218. The second kappa shape index (κ2) is 8.80. The molecule has 7 nitrogen and oxygen atoms in total. The minimum atomic E-state index is -0.668. The van der Waals surface area contributed by atoms with Gasteiger partial charge in [-0.15, -0.1) is 0 Å². The first kappa shape index (κ1) is 19.7. The zero-order chi connectivity index (χ0) is 20.2. The molecule has 4 N–H and O–H groups in total. The lowest BCUT2D eigenvalue weighted by atomic mass is 9.93. The summed E-state index contributed by atoms with van der Waals surface area (Å²) >= 11 is 0. The fourth-order valence-corrected chi connectivity index (χ4v) is 3.91. The molecule has 1 amide bonds. The average Bonchev–Trinajstić information content (AvgIpc) is 2.68. The smallest absolute Gasteiger partial charge is 0.251 e. The van der Waals surface area contributed by atoms with Crippen molar-refractivity contribution in [3.05, 3.63) is 63.4 Å². The third kappa shape index (κ3) is 5.05. The van der Waals surface area contributed by atoms with Gasteiger partial charge in [-0.3, -0.25) is 14.5 Å². The summed E-state index contributed by atoms with van der Waals surface area (Å²) in [6.45, 7) is 2.35. The number of aliphatic hydroxyl groups excluding tert-OH is 1. The van der Waals surface area contributed by atoms with Crippen LogP contribution in [0.1, 0.15) is 40.7 Å². The minimum Gasteiger partial charge on any atom is -0.390 e. The van der Waals surface area contributed by atoms with Gasteiger partial charge in [0.05, 0.1) is 6.10 Å². The molecule has 1 saturated carbocycles. The maximum atomic E-state index is 12.5. The Balaban J connectivity index is 1.28. The molecule has 0 saturated heterocycles. The summed E-state index contributed by atoms with van der Waals surface area (Å²) in [4.78, 5) is 29.3. The van der Waals surface area contributed by atoms with Gasteiger partial charge in [-0.05, 0) is 42.9 Å². The van der Waals surface area contributed by atoms with Crippen LogP contribution in [0.5, 0.6) is 0 Å². The normalized spacial score (nSPS) is 17.8. The molecule has 7 heteroatoms. The first-order valence-electron chi connectivity index (χ1n) is 10.3. The number of nitrogens with zero attached hydrogens (tertiary/aromatic N) is 1. The summed E-state index contributed by atoms with van der Waals surface area (Å²) in [5.41, 5.74) is 2.65. The van der Waals surface area contributed by atoms with Crippen LogP contribution in [0.3, 0.4) is 0 Å². The molecule has 154 valence electrons. The topological polar surface area (TPSA) is 97.5 Å². The fourth-order valence-electron chi connectivity index (χ4n) is 3.91. The number of carbonyl (C=O) groups excluding carboxylic acids is 1. The lowest BCUT2D eigenvalue weighted by Crippen LogP contribution is -2.42. The van der Waals surface area contributed by atoms with Gasteiger partial charge in [0.25, 0.3) is 5.91 Å². The number of anilines is 1. The quantitative estimate of drug-likeness (QED) is 0.569. The highest BCUT2D eigenvalue weighted by molar-refractivity contribution is 5.94. The van der Waals surface area contributed by atoms with Crippen molar-refractivity contribution >= 4 is 11.7 Å². The molecule has 1 aliphatic carbocycles. The Bertz CT molecular complexity index is 922. The Morgan fingerprint density at radius 3 is 2.79 bits per heavy atom. The average molecular weight is 396 g/mol. The number of amides is 1. The number of hydrogen-bond donors (Lipinski definition) is 4. The van der Waals surface area contributed by atoms with Crippen molar-refractivity contribution in [2.45, 2.75) is 44.4 Å². The van der Waals surface area contributed by atoms with Gasteiger partial charge in [-0.2, -0.15) is 0 Å². The van der Waals surface area contributed by atoms with Crippen LogP contribution in [0.2, 0.25) is 0 Å². The molecule has 0 radical (unpaired) electrons. The van der Waals surface area contributed by atoms with Crippen LogP contribution in [0.4, 0.5) is 5.82 Å². The molecular formula is C22H28N4O3. The van der Waals surface area contributed by atoms with Crippen molar-refractivity contribution in [2.75, 3.05) is 25.0 Å². The van der Waals surface area contributed by atoms with E-state index in [9.17, 15) is 14.7 Å². The van der Waals surface area contributed by atoms with Gasteiger partial charge in [0, 0.05) is 43.9 Å². The third-order valence-corrected chi connectivity index (χ3v) is 5.75. The highest BCUT2D eigenvalue weighted by Gasteiger charge is 2.20. The summed E-state index contributed by atoms with van der Waals surface area (Å²) in [6.07, 6.45) is 3.64. The van der Waals surface area contributed by atoms with Crippen LogP contribution >= 0.6 is 0 Å². The van der Waals surface area contributed by atoms with E-state index in [4.69, 9.17) is 0 Å². The maximum absolute atomic E-state index is 12.5. The molecule has 1 aliphatic heterocycles. The van der Waals surface area contributed by atoms with Crippen LogP contribution in [0.25, 0.3) is 0 Å². The molecule has 1 atom stereocenters. The van der Waals surface area contributed by atoms with E-state index >= 15 is 0 Å². The number of benzene rings is 1. The van der Waals surface area contributed by atoms with Gasteiger partial charge in [0.2, 0.25) is 5.56 Å². The zero-order valence-corrected chi connectivity index (χ0v) is 16.5. The number of carbonyl (C=O) groups is 1. The second-order valence-corrected chi connectivity index (χ2v) is 8.04. The van der Waals surface area contributed by atoms with E-state index in [0.717, 1.165) is 32.4 Å². The van der Waals surface area contributed by atoms with E-state index < -0.39 is 6.10 Å². The number of aromatic nitrogens is 1. The lowest BCUT2D eigenvalue weighted by molar-refractivity contribution is 0.0841. The predicted octanol–water partition coefficient (Wildman–Crippen LogP) is 1.49. The Hall–Kier alpha value is -2.64. The van der Waals surface area contributed by atoms with Crippen molar-refractivity contribution in [2.24, 2.45) is 0 Å². The molecule has 2 aromatic rings. The van der Waals surface area contributed by atoms with E-state index in [1.54, 1.807) is 6.07 Å². The van der Waals surface area contributed by atoms with Crippen LogP contribution in [-0.2, 0) is 13.0 Å². The number of fused-ring (bicyclic) bond motifs is 1. The fraction of sp³-hybridized carbons (Fsp3) is 0.455. The third-order valence-electron chi connectivity index (χ3n) is 5.75. The molecule has 0 spiro atoms. The number of H-pyrrole nitrogens is 1. The zero-order valence-electron chi connectivity index (χ0n) is 16.5. The first-order valence-corrected chi connectivity index (χ1v) is 10.3. The van der Waals surface area contributed by atoms with E-state index in [0.29, 0.717) is 24.0 Å². The second-order valence-electron chi connectivity index (χ2n) is 8.04. The number of pyridine rings is 1. The summed E-state index contributed by atoms with van der Waals surface area (Å²) < 4.78 is 0. The van der Waals surface area contributed by atoms with E-state index in [1.807, 2.05) is 6.07 Å². The van der Waals surface area contributed by atoms with E-state index in [2.05, 4.69) is 38.7 Å². The Morgan fingerprint density at radius 2 is 2.03 bits per heavy atom. The number of hydrogen-bond acceptors (Lipinski definition) is 5. The largest absolute Gasteiger partial charge is 0.390 e. The number of β-amino-alcohol motifs (C(OH)–C–C–N with tert-alkyl or cyclic N) is 1. The van der Waals surface area contributed by atoms with Crippen LogP contribution in [-0.4, -0.2) is 52.7 Å². The number of aliphatic hydroxyl groups is 1. The van der Waals surface area contributed by atoms with Crippen LogP contribution < -0.4 is 16.2 Å². The summed E-state index contributed by atoms with van der Waals surface area (Å²) in [6, 6.07) is 11.7. The van der Waals surface area contributed by atoms with Crippen molar-refractivity contribution in [3.8, 4) is 0 Å². The Kier molecular flexibility index (Phi) is 5.97. The van der Waals surface area contributed by atoms with Crippen molar-refractivity contribution in [1.82, 2.24) is 15.2 Å². The molecule has 0 unspecified atom stereocenters. The maximum Gasteiger partial charge on any atom is 0.251 e. The van der Waals surface area contributed by atoms with Gasteiger partial charge in [-0.25, -0.2) is 0 Å². The standard InChI is InChI=1S/C22H28N4O3/c27-19(14-26-9-8-15-4-1-2-5-16(15)13-26)12-23-22(29)17-10-20(25-21(28)11-17)24-18-6-3-7-18/h1-2,4-5,10-11,18-19,27H,3,6-9,12-14H2,(H,23,29)(H2,24,25,28)/t19-/m0/s1. The van der Waals surface area contributed by atoms with Gasteiger partial charge in [0.1, 0.15) is 5.82 Å². The molecule has 4 rings (SSSR count). The molecule has 1 aromatic heterocycles. The molecule has 2 heterocycles. The monoisotopic (exact) mass is 396 g/mol. The number of aromatic amines is 1. The molecule has 1 aromatic carbocycles. The molecule has 1 fully saturated rings. The molecular weight excluding hydrogens is 368 g/mol. The molecule has 29 heavy (non-hydrogen) atoms.